The van der Waals surface area contributed by atoms with E-state index in [0.717, 1.165) is 23.9 Å². The molecule has 1 aromatic carbocycles. The Morgan fingerprint density at radius 3 is 2.38 bits per heavy atom. The zero-order chi connectivity index (χ0) is 12.3. The van der Waals surface area contributed by atoms with Crippen LogP contribution in [0.25, 0.3) is 0 Å². The first kappa shape index (κ1) is 12.8. The summed E-state index contributed by atoms with van der Waals surface area (Å²) in [6.45, 7) is 1.51. The van der Waals surface area contributed by atoms with Crippen LogP contribution in [0.5, 0.6) is 0 Å². The number of ether oxygens (including phenoxy) is 1. The fourth-order valence-corrected chi connectivity index (χ4v) is 1.97. The van der Waals surface area contributed by atoms with Crippen LogP contribution < -0.4 is 5.73 Å². The Morgan fingerprint density at radius 2 is 1.94 bits per heavy atom. The van der Waals surface area contributed by atoms with Gasteiger partial charge in [0.1, 0.15) is 16.9 Å². The van der Waals surface area contributed by atoms with Crippen molar-refractivity contribution in [2.45, 2.75) is 17.1 Å². The maximum absolute atomic E-state index is 13.3. The number of rotatable bonds is 3. The Kier molecular flexibility index (Phi) is 4.12. The molecule has 0 fully saturated rings. The van der Waals surface area contributed by atoms with Crippen LogP contribution in [-0.2, 0) is 9.53 Å². The van der Waals surface area contributed by atoms with Gasteiger partial charge in [-0.05, 0) is 19.1 Å². The number of nitrogen functional groups attached to an aromatic ring is 1. The molecule has 0 aliphatic heterocycles. The van der Waals surface area contributed by atoms with Crippen molar-refractivity contribution in [1.29, 1.82) is 0 Å². The Labute approximate surface area is 96.0 Å². The first-order chi connectivity index (χ1) is 7.45. The fraction of sp³-hybridized carbons (Fsp3) is 0.300. The number of nitrogens with two attached hydrogens (primary N) is 1. The second-order valence-electron chi connectivity index (χ2n) is 3.10. The third-order valence-corrected chi connectivity index (χ3v) is 3.02. The van der Waals surface area contributed by atoms with Crippen molar-refractivity contribution >= 4 is 23.4 Å². The SMILES string of the molecule is COC(=O)C(C)Sc1c(F)cc(N)cc1F. The highest BCUT2D eigenvalue weighted by Gasteiger charge is 2.19. The predicted octanol–water partition coefficient (Wildman–Crippen LogP) is 2.20. The third-order valence-electron chi connectivity index (χ3n) is 1.85. The molecule has 0 saturated carbocycles. The molecule has 0 aromatic heterocycles. The predicted molar refractivity (Wildman–Crippen MR) is 58.1 cm³/mol. The van der Waals surface area contributed by atoms with Crippen molar-refractivity contribution in [3.63, 3.8) is 0 Å². The lowest BCUT2D eigenvalue weighted by Gasteiger charge is -2.10. The molecule has 6 heteroatoms. The van der Waals surface area contributed by atoms with Gasteiger partial charge in [0, 0.05) is 5.69 Å². The standard InChI is InChI=1S/C10H11F2NO2S/c1-5(10(14)15-2)16-9-7(11)3-6(13)4-8(9)12/h3-5H,13H2,1-2H3. The highest BCUT2D eigenvalue weighted by atomic mass is 32.2. The van der Waals surface area contributed by atoms with Crippen molar-refractivity contribution in [3.05, 3.63) is 23.8 Å². The van der Waals surface area contributed by atoms with Gasteiger partial charge in [-0.25, -0.2) is 8.78 Å². The molecule has 2 N–H and O–H groups in total. The number of carbonyl (C=O) groups is 1. The maximum Gasteiger partial charge on any atom is 0.318 e. The summed E-state index contributed by atoms with van der Waals surface area (Å²) in [5.41, 5.74) is 5.27. The zero-order valence-electron chi connectivity index (χ0n) is 8.79. The van der Waals surface area contributed by atoms with E-state index in [0.29, 0.717) is 0 Å². The smallest absolute Gasteiger partial charge is 0.318 e. The van der Waals surface area contributed by atoms with Gasteiger partial charge in [0.25, 0.3) is 0 Å². The molecule has 88 valence electrons. The van der Waals surface area contributed by atoms with E-state index < -0.39 is 22.9 Å². The van der Waals surface area contributed by atoms with Gasteiger partial charge >= 0.3 is 5.97 Å². The highest BCUT2D eigenvalue weighted by molar-refractivity contribution is 8.00. The van der Waals surface area contributed by atoms with Gasteiger partial charge in [0.05, 0.1) is 12.0 Å². The molecular weight excluding hydrogens is 236 g/mol. The zero-order valence-corrected chi connectivity index (χ0v) is 9.61. The molecule has 1 rings (SSSR count). The van der Waals surface area contributed by atoms with Crippen LogP contribution in [0, 0.1) is 11.6 Å². The molecule has 0 heterocycles. The summed E-state index contributed by atoms with van der Waals surface area (Å²) in [6, 6.07) is 2.02. The summed E-state index contributed by atoms with van der Waals surface area (Å²) >= 11 is 0.758. The molecule has 0 bridgehead atoms. The van der Waals surface area contributed by atoms with E-state index in [9.17, 15) is 13.6 Å². The lowest BCUT2D eigenvalue weighted by molar-refractivity contribution is -0.139. The second kappa shape index (κ2) is 5.16. The second-order valence-corrected chi connectivity index (χ2v) is 4.45. The van der Waals surface area contributed by atoms with E-state index in [1.807, 2.05) is 0 Å². The minimum Gasteiger partial charge on any atom is -0.468 e. The van der Waals surface area contributed by atoms with Gasteiger partial charge in [-0.3, -0.25) is 4.79 Å². The Balaban J connectivity index is 2.93. The summed E-state index contributed by atoms with van der Waals surface area (Å²) < 4.78 is 31.2. The molecule has 1 unspecified atom stereocenters. The van der Waals surface area contributed by atoms with E-state index in [4.69, 9.17) is 5.73 Å². The molecule has 0 aliphatic rings. The molecule has 0 radical (unpaired) electrons. The topological polar surface area (TPSA) is 52.3 Å². The van der Waals surface area contributed by atoms with Crippen LogP contribution in [0.1, 0.15) is 6.92 Å². The molecule has 1 atom stereocenters. The number of hydrogen-bond acceptors (Lipinski definition) is 4. The fourth-order valence-electron chi connectivity index (χ4n) is 1.08. The van der Waals surface area contributed by atoms with Crippen LogP contribution in [0.15, 0.2) is 17.0 Å². The maximum atomic E-state index is 13.3. The number of carbonyl (C=O) groups excluding carboxylic acids is 1. The molecule has 0 saturated heterocycles. The quantitative estimate of drug-likeness (QED) is 0.505. The van der Waals surface area contributed by atoms with Gasteiger partial charge in [-0.15, -0.1) is 11.8 Å². The highest BCUT2D eigenvalue weighted by Crippen LogP contribution is 2.30. The van der Waals surface area contributed by atoms with Gasteiger partial charge in [-0.1, -0.05) is 0 Å². The van der Waals surface area contributed by atoms with E-state index in [1.165, 1.54) is 14.0 Å². The average Bonchev–Trinajstić information content (AvgIpc) is 2.21. The summed E-state index contributed by atoms with van der Waals surface area (Å²) in [4.78, 5) is 10.9. The minimum atomic E-state index is -0.779. The van der Waals surface area contributed by atoms with Crippen LogP contribution in [0.3, 0.4) is 0 Å². The normalized spacial score (nSPS) is 12.2. The number of hydrogen-bond donors (Lipinski definition) is 1. The first-order valence-corrected chi connectivity index (χ1v) is 5.32. The number of anilines is 1. The Hall–Kier alpha value is -1.30. The van der Waals surface area contributed by atoms with Gasteiger partial charge in [0.15, 0.2) is 0 Å². The summed E-state index contributed by atoms with van der Waals surface area (Å²) in [6.07, 6.45) is 0. The minimum absolute atomic E-state index is 0.00470. The van der Waals surface area contributed by atoms with Gasteiger partial charge in [0.2, 0.25) is 0 Å². The Bertz CT molecular complexity index is 389. The molecule has 0 aliphatic carbocycles. The van der Waals surface area contributed by atoms with Crippen LogP contribution in [0.4, 0.5) is 14.5 Å². The van der Waals surface area contributed by atoms with Crippen LogP contribution in [-0.4, -0.2) is 18.3 Å². The van der Waals surface area contributed by atoms with Crippen molar-refractivity contribution in [3.8, 4) is 0 Å². The molecule has 0 amide bonds. The Morgan fingerprint density at radius 1 is 1.44 bits per heavy atom. The molecule has 0 spiro atoms. The summed E-state index contributed by atoms with van der Waals surface area (Å²) in [7, 11) is 1.22. The largest absolute Gasteiger partial charge is 0.468 e. The lowest BCUT2D eigenvalue weighted by Crippen LogP contribution is -2.15. The van der Waals surface area contributed by atoms with E-state index in [1.54, 1.807) is 0 Å². The van der Waals surface area contributed by atoms with E-state index in [2.05, 4.69) is 4.74 Å². The summed E-state index contributed by atoms with van der Waals surface area (Å²) in [5, 5.41) is -0.683. The average molecular weight is 247 g/mol. The number of benzene rings is 1. The molecular formula is C10H11F2NO2S. The van der Waals surface area contributed by atoms with Crippen molar-refractivity contribution in [1.82, 2.24) is 0 Å². The number of thioether (sulfide) groups is 1. The lowest BCUT2D eigenvalue weighted by atomic mass is 10.3. The van der Waals surface area contributed by atoms with Crippen molar-refractivity contribution in [2.24, 2.45) is 0 Å². The van der Waals surface area contributed by atoms with Gasteiger partial charge < -0.3 is 10.5 Å². The van der Waals surface area contributed by atoms with Crippen LogP contribution >= 0.6 is 11.8 Å². The van der Waals surface area contributed by atoms with Crippen LogP contribution in [0.2, 0.25) is 0 Å². The van der Waals surface area contributed by atoms with Gasteiger partial charge in [-0.2, -0.15) is 0 Å². The first-order valence-electron chi connectivity index (χ1n) is 4.44. The van der Waals surface area contributed by atoms with Crippen molar-refractivity contribution < 1.29 is 18.3 Å². The molecule has 1 aromatic rings. The number of halogens is 2. The van der Waals surface area contributed by atoms with E-state index >= 15 is 0 Å². The monoisotopic (exact) mass is 247 g/mol. The number of methoxy groups -OCH3 is 1. The number of esters is 1. The third kappa shape index (κ3) is 2.85. The molecule has 3 nitrogen and oxygen atoms in total. The van der Waals surface area contributed by atoms with E-state index in [-0.39, 0.29) is 10.6 Å². The molecule has 16 heavy (non-hydrogen) atoms. The van der Waals surface area contributed by atoms with Crippen molar-refractivity contribution in [2.75, 3.05) is 12.8 Å². The summed E-state index contributed by atoms with van der Waals surface area (Å²) in [5.74, 6) is -2.10.